The molecule has 0 aromatic heterocycles. The van der Waals surface area contributed by atoms with Crippen molar-refractivity contribution < 1.29 is 12.8 Å². The molecule has 2 unspecified atom stereocenters. The third-order valence-corrected chi connectivity index (χ3v) is 6.15. The molecule has 1 aromatic rings. The molecule has 1 heterocycles. The third-order valence-electron chi connectivity index (χ3n) is 4.00. The zero-order valence-electron chi connectivity index (χ0n) is 12.3. The van der Waals surface area contributed by atoms with Crippen LogP contribution in [0.4, 0.5) is 4.39 Å². The first-order chi connectivity index (χ1) is 9.85. The molecule has 2 N–H and O–H groups in total. The fraction of sp³-hybridized carbons (Fsp3) is 0.571. The second-order valence-electron chi connectivity index (χ2n) is 5.54. The fourth-order valence-electron chi connectivity index (χ4n) is 2.83. The highest BCUT2D eigenvalue weighted by Gasteiger charge is 2.35. The quantitative estimate of drug-likeness (QED) is 0.885. The lowest BCUT2D eigenvalue weighted by Crippen LogP contribution is -2.51. The van der Waals surface area contributed by atoms with Crippen LogP contribution < -0.4 is 5.73 Å². The number of piperidine rings is 1. The van der Waals surface area contributed by atoms with E-state index in [0.29, 0.717) is 18.7 Å². The van der Waals surface area contributed by atoms with Crippen LogP contribution in [0.25, 0.3) is 0 Å². The maximum atomic E-state index is 13.1. The molecule has 0 radical (unpaired) electrons. The van der Waals surface area contributed by atoms with E-state index in [4.69, 9.17) is 17.3 Å². The van der Waals surface area contributed by atoms with Gasteiger partial charge in [0.2, 0.25) is 10.0 Å². The average molecular weight is 371 g/mol. The van der Waals surface area contributed by atoms with Crippen LogP contribution in [0.2, 0.25) is 5.02 Å². The normalized spacial score (nSPS) is 23.1. The van der Waals surface area contributed by atoms with E-state index in [-0.39, 0.29) is 35.1 Å². The molecule has 0 bridgehead atoms. The van der Waals surface area contributed by atoms with Crippen LogP contribution >= 0.6 is 24.0 Å². The number of benzene rings is 1. The Morgan fingerprint density at radius 1 is 1.45 bits per heavy atom. The van der Waals surface area contributed by atoms with Crippen LogP contribution in [-0.4, -0.2) is 31.9 Å². The van der Waals surface area contributed by atoms with Crippen LogP contribution in [0.5, 0.6) is 0 Å². The maximum absolute atomic E-state index is 13.1. The highest BCUT2D eigenvalue weighted by Crippen LogP contribution is 2.27. The van der Waals surface area contributed by atoms with Gasteiger partial charge in [-0.25, -0.2) is 12.8 Å². The van der Waals surface area contributed by atoms with Crippen LogP contribution in [0, 0.1) is 11.7 Å². The average Bonchev–Trinajstić information content (AvgIpc) is 2.42. The fourth-order valence-corrected chi connectivity index (χ4v) is 4.91. The van der Waals surface area contributed by atoms with Crippen LogP contribution in [0.3, 0.4) is 0 Å². The van der Waals surface area contributed by atoms with E-state index in [2.05, 4.69) is 0 Å². The maximum Gasteiger partial charge on any atom is 0.218 e. The van der Waals surface area contributed by atoms with E-state index in [9.17, 15) is 12.8 Å². The van der Waals surface area contributed by atoms with Gasteiger partial charge in [-0.1, -0.05) is 24.6 Å². The Labute approximate surface area is 142 Å². The van der Waals surface area contributed by atoms with Crippen LogP contribution in [-0.2, 0) is 15.8 Å². The third kappa shape index (κ3) is 4.32. The molecule has 0 spiro atoms. The van der Waals surface area contributed by atoms with Crippen molar-refractivity contribution in [2.75, 3.05) is 13.1 Å². The Morgan fingerprint density at radius 2 is 2.14 bits per heavy atom. The second-order valence-corrected chi connectivity index (χ2v) is 7.87. The monoisotopic (exact) mass is 370 g/mol. The van der Waals surface area contributed by atoms with E-state index < -0.39 is 15.8 Å². The highest BCUT2D eigenvalue weighted by atomic mass is 35.5. The van der Waals surface area contributed by atoms with Crippen molar-refractivity contribution in [2.45, 2.75) is 31.6 Å². The van der Waals surface area contributed by atoms with Gasteiger partial charge in [0, 0.05) is 19.1 Å². The summed E-state index contributed by atoms with van der Waals surface area (Å²) in [6.07, 6.45) is 1.82. The van der Waals surface area contributed by atoms with Crippen molar-refractivity contribution in [1.29, 1.82) is 0 Å². The molecule has 2 rings (SSSR count). The summed E-state index contributed by atoms with van der Waals surface area (Å²) >= 11 is 5.70. The van der Waals surface area contributed by atoms with Gasteiger partial charge >= 0.3 is 0 Å². The molecule has 1 fully saturated rings. The Bertz CT molecular complexity index is 613. The molecule has 2 atom stereocenters. The lowest BCUT2D eigenvalue weighted by atomic mass is 9.93. The van der Waals surface area contributed by atoms with Crippen LogP contribution in [0.15, 0.2) is 18.2 Å². The molecule has 1 aromatic carbocycles. The second kappa shape index (κ2) is 7.93. The molecule has 8 heteroatoms. The summed E-state index contributed by atoms with van der Waals surface area (Å²) in [6, 6.07) is 3.83. The predicted molar refractivity (Wildman–Crippen MR) is 89.2 cm³/mol. The standard InChI is InChI=1S/C14H20ClFN2O2S.ClH/c1-10-3-2-6-18(14(10)8-17)21(19,20)9-11-4-5-13(16)12(15)7-11;/h4-5,7,10,14H,2-3,6,8-9,17H2,1H3;1H. The number of nitrogens with zero attached hydrogens (tertiary/aromatic N) is 1. The summed E-state index contributed by atoms with van der Waals surface area (Å²) in [4.78, 5) is 0. The molecule has 22 heavy (non-hydrogen) atoms. The summed E-state index contributed by atoms with van der Waals surface area (Å²) in [5, 5.41) is -0.0647. The van der Waals surface area contributed by atoms with Crippen LogP contribution in [0.1, 0.15) is 25.3 Å². The molecule has 126 valence electrons. The minimum atomic E-state index is -3.49. The van der Waals surface area contributed by atoms with Crippen molar-refractivity contribution in [3.05, 3.63) is 34.6 Å². The number of rotatable bonds is 4. The topological polar surface area (TPSA) is 63.4 Å². The van der Waals surface area contributed by atoms with Gasteiger partial charge in [0.15, 0.2) is 0 Å². The highest BCUT2D eigenvalue weighted by molar-refractivity contribution is 7.88. The number of hydrogen-bond donors (Lipinski definition) is 1. The number of sulfonamides is 1. The molecular weight excluding hydrogens is 350 g/mol. The van der Waals surface area contributed by atoms with Gasteiger partial charge in [0.1, 0.15) is 5.82 Å². The minimum absolute atomic E-state index is 0. The molecule has 0 saturated carbocycles. The summed E-state index contributed by atoms with van der Waals surface area (Å²) in [5.41, 5.74) is 6.22. The largest absolute Gasteiger partial charge is 0.329 e. The van der Waals surface area contributed by atoms with Crippen molar-refractivity contribution in [2.24, 2.45) is 11.7 Å². The van der Waals surface area contributed by atoms with Crippen molar-refractivity contribution in [1.82, 2.24) is 4.31 Å². The van der Waals surface area contributed by atoms with Gasteiger partial charge in [0.25, 0.3) is 0 Å². The molecule has 1 aliphatic heterocycles. The first kappa shape index (κ1) is 19.6. The summed E-state index contributed by atoms with van der Waals surface area (Å²) in [7, 11) is -3.49. The van der Waals surface area contributed by atoms with Gasteiger partial charge in [-0.15, -0.1) is 12.4 Å². The zero-order chi connectivity index (χ0) is 15.6. The van der Waals surface area contributed by atoms with Crippen molar-refractivity contribution >= 4 is 34.0 Å². The van der Waals surface area contributed by atoms with E-state index in [1.54, 1.807) is 0 Å². The SMILES string of the molecule is CC1CCCN(S(=O)(=O)Cc2ccc(F)c(Cl)c2)C1CN.Cl. The van der Waals surface area contributed by atoms with Gasteiger partial charge in [-0.3, -0.25) is 0 Å². The van der Waals surface area contributed by atoms with E-state index in [0.717, 1.165) is 12.8 Å². The van der Waals surface area contributed by atoms with Crippen molar-refractivity contribution in [3.63, 3.8) is 0 Å². The molecule has 0 aliphatic carbocycles. The smallest absolute Gasteiger partial charge is 0.218 e. The van der Waals surface area contributed by atoms with Gasteiger partial charge in [-0.2, -0.15) is 4.31 Å². The Hall–Kier alpha value is -0.400. The van der Waals surface area contributed by atoms with Gasteiger partial charge in [0.05, 0.1) is 10.8 Å². The Morgan fingerprint density at radius 3 is 2.73 bits per heavy atom. The number of hydrogen-bond acceptors (Lipinski definition) is 3. The van der Waals surface area contributed by atoms with Crippen molar-refractivity contribution in [3.8, 4) is 0 Å². The first-order valence-corrected chi connectivity index (χ1v) is 8.97. The lowest BCUT2D eigenvalue weighted by molar-refractivity contribution is 0.192. The Balaban J connectivity index is 0.00000242. The molecular formula is C14H21Cl2FN2O2S. The van der Waals surface area contributed by atoms with Gasteiger partial charge < -0.3 is 5.73 Å². The first-order valence-electron chi connectivity index (χ1n) is 6.98. The number of halogens is 3. The summed E-state index contributed by atoms with van der Waals surface area (Å²) in [5.74, 6) is -0.490. The van der Waals surface area contributed by atoms with E-state index >= 15 is 0 Å². The minimum Gasteiger partial charge on any atom is -0.329 e. The zero-order valence-corrected chi connectivity index (χ0v) is 14.7. The Kier molecular flexibility index (Phi) is 7.08. The summed E-state index contributed by atoms with van der Waals surface area (Å²) in [6.45, 7) is 2.82. The number of nitrogens with two attached hydrogens (primary N) is 1. The van der Waals surface area contributed by atoms with E-state index in [1.807, 2.05) is 6.92 Å². The molecule has 0 amide bonds. The molecule has 1 saturated heterocycles. The van der Waals surface area contributed by atoms with Gasteiger partial charge in [-0.05, 0) is 36.5 Å². The molecule has 4 nitrogen and oxygen atoms in total. The van der Waals surface area contributed by atoms with E-state index in [1.165, 1.54) is 22.5 Å². The lowest BCUT2D eigenvalue weighted by Gasteiger charge is -2.38. The predicted octanol–water partition coefficient (Wildman–Crippen LogP) is 2.79. The molecule has 1 aliphatic rings. The summed E-state index contributed by atoms with van der Waals surface area (Å²) < 4.78 is 39.8.